The molecule has 1 aliphatic carbocycles. The number of anilines is 1. The molecule has 7 nitrogen and oxygen atoms in total. The monoisotopic (exact) mass is 359 g/mol. The summed E-state index contributed by atoms with van der Waals surface area (Å²) in [6.07, 6.45) is 3.17. The van der Waals surface area contributed by atoms with Gasteiger partial charge < -0.3 is 5.32 Å². The maximum absolute atomic E-state index is 12.3. The second kappa shape index (κ2) is 7.10. The fraction of sp³-hybridized carbons (Fsp3) is 0.294. The molecule has 1 saturated heterocycles. The molecule has 0 unspecified atom stereocenters. The maximum atomic E-state index is 12.3. The first-order chi connectivity index (χ1) is 12.0. The number of benzene rings is 1. The topological polar surface area (TPSA) is 86.8 Å². The lowest BCUT2D eigenvalue weighted by atomic mass is 10.3. The van der Waals surface area contributed by atoms with Gasteiger partial charge in [0.1, 0.15) is 6.54 Å². The van der Waals surface area contributed by atoms with E-state index in [0.717, 1.165) is 9.80 Å². The van der Waals surface area contributed by atoms with Gasteiger partial charge in [0.25, 0.3) is 0 Å². The minimum Gasteiger partial charge on any atom is -0.324 e. The lowest BCUT2D eigenvalue weighted by molar-refractivity contribution is -0.143. The third-order valence-electron chi connectivity index (χ3n) is 3.82. The smallest absolute Gasteiger partial charge is 0.324 e. The molecule has 130 valence electrons. The highest BCUT2D eigenvalue weighted by atomic mass is 32.2. The molecule has 0 spiro atoms. The summed E-state index contributed by atoms with van der Waals surface area (Å²) in [7, 11) is 0. The van der Waals surface area contributed by atoms with Crippen molar-refractivity contribution < 1.29 is 19.2 Å². The van der Waals surface area contributed by atoms with Crippen LogP contribution in [0.5, 0.6) is 0 Å². The standard InChI is InChI=1S/C17H17N3O4S/c1-2-9-25-13-6-4-3-5-12(13)18-14(21)10-19-15(22)16(23)20(17(19)24)11-7-8-11/h2-6,11H,1,7-10H2,(H,18,21). The van der Waals surface area contributed by atoms with E-state index in [0.29, 0.717) is 29.2 Å². The van der Waals surface area contributed by atoms with E-state index < -0.39 is 30.3 Å². The first-order valence-electron chi connectivity index (χ1n) is 7.84. The number of thioether (sulfide) groups is 1. The van der Waals surface area contributed by atoms with Crippen molar-refractivity contribution in [1.29, 1.82) is 0 Å². The minimum absolute atomic E-state index is 0.201. The van der Waals surface area contributed by atoms with Crippen LogP contribution in [0.25, 0.3) is 0 Å². The zero-order valence-corrected chi connectivity index (χ0v) is 14.3. The van der Waals surface area contributed by atoms with Gasteiger partial charge in [0.15, 0.2) is 0 Å². The number of para-hydroxylation sites is 1. The molecule has 1 saturated carbocycles. The van der Waals surface area contributed by atoms with Gasteiger partial charge in [-0.2, -0.15) is 0 Å². The molecule has 1 aromatic carbocycles. The van der Waals surface area contributed by atoms with Crippen LogP contribution in [-0.2, 0) is 14.4 Å². The second-order valence-corrected chi connectivity index (χ2v) is 6.79. The number of amides is 5. The summed E-state index contributed by atoms with van der Waals surface area (Å²) >= 11 is 1.50. The van der Waals surface area contributed by atoms with E-state index in [1.807, 2.05) is 12.1 Å². The number of nitrogens with zero attached hydrogens (tertiary/aromatic N) is 2. The highest BCUT2D eigenvalue weighted by Crippen LogP contribution is 2.31. The van der Waals surface area contributed by atoms with Crippen molar-refractivity contribution >= 4 is 41.2 Å². The van der Waals surface area contributed by atoms with Gasteiger partial charge in [-0.05, 0) is 25.0 Å². The van der Waals surface area contributed by atoms with Gasteiger partial charge >= 0.3 is 17.8 Å². The third-order valence-corrected chi connectivity index (χ3v) is 4.88. The number of carbonyl (C=O) groups excluding carboxylic acids is 4. The van der Waals surface area contributed by atoms with Gasteiger partial charge in [0.05, 0.1) is 5.69 Å². The van der Waals surface area contributed by atoms with Crippen LogP contribution in [0.2, 0.25) is 0 Å². The van der Waals surface area contributed by atoms with Crippen LogP contribution >= 0.6 is 11.8 Å². The minimum atomic E-state index is -0.943. The van der Waals surface area contributed by atoms with Crippen LogP contribution in [-0.4, -0.2) is 51.9 Å². The molecule has 1 aromatic rings. The lowest BCUT2D eigenvalue weighted by Gasteiger charge is -2.15. The van der Waals surface area contributed by atoms with E-state index in [-0.39, 0.29) is 6.04 Å². The van der Waals surface area contributed by atoms with E-state index in [9.17, 15) is 19.2 Å². The van der Waals surface area contributed by atoms with E-state index in [4.69, 9.17) is 0 Å². The van der Waals surface area contributed by atoms with E-state index in [1.165, 1.54) is 11.8 Å². The average molecular weight is 359 g/mol. The van der Waals surface area contributed by atoms with Gasteiger partial charge in [0.2, 0.25) is 5.91 Å². The lowest BCUT2D eigenvalue weighted by Crippen LogP contribution is -2.39. The van der Waals surface area contributed by atoms with Crippen LogP contribution in [0.4, 0.5) is 10.5 Å². The summed E-state index contributed by atoms with van der Waals surface area (Å²) < 4.78 is 0. The molecule has 0 radical (unpaired) electrons. The van der Waals surface area contributed by atoms with Crippen LogP contribution in [0.1, 0.15) is 12.8 Å². The van der Waals surface area contributed by atoms with Crippen molar-refractivity contribution in [3.63, 3.8) is 0 Å². The fourth-order valence-electron chi connectivity index (χ4n) is 2.49. The van der Waals surface area contributed by atoms with E-state index in [1.54, 1.807) is 18.2 Å². The van der Waals surface area contributed by atoms with Gasteiger partial charge in [-0.15, -0.1) is 18.3 Å². The normalized spacial score (nSPS) is 17.2. The van der Waals surface area contributed by atoms with Gasteiger partial charge in [-0.3, -0.25) is 19.3 Å². The van der Waals surface area contributed by atoms with Crippen LogP contribution < -0.4 is 5.32 Å². The Morgan fingerprint density at radius 1 is 1.24 bits per heavy atom. The van der Waals surface area contributed by atoms with E-state index >= 15 is 0 Å². The summed E-state index contributed by atoms with van der Waals surface area (Å²) in [5.74, 6) is -1.64. The molecule has 2 fully saturated rings. The molecule has 25 heavy (non-hydrogen) atoms. The zero-order valence-electron chi connectivity index (χ0n) is 13.4. The van der Waals surface area contributed by atoms with Crippen molar-refractivity contribution in [3.05, 3.63) is 36.9 Å². The Hall–Kier alpha value is -2.61. The molecular formula is C17H17N3O4S. The van der Waals surface area contributed by atoms with Gasteiger partial charge in [-0.25, -0.2) is 9.69 Å². The van der Waals surface area contributed by atoms with Gasteiger partial charge in [-0.1, -0.05) is 18.2 Å². The van der Waals surface area contributed by atoms with E-state index in [2.05, 4.69) is 11.9 Å². The molecule has 0 atom stereocenters. The molecule has 0 aromatic heterocycles. The Bertz CT molecular complexity index is 760. The van der Waals surface area contributed by atoms with Crippen molar-refractivity contribution in [3.8, 4) is 0 Å². The average Bonchev–Trinajstić information content (AvgIpc) is 3.40. The number of nitrogens with one attached hydrogen (secondary N) is 1. The predicted octanol–water partition coefficient (Wildman–Crippen LogP) is 1.86. The number of imide groups is 2. The Kier molecular flexibility index (Phi) is 4.89. The molecule has 2 aliphatic rings. The highest BCUT2D eigenvalue weighted by Gasteiger charge is 2.51. The third kappa shape index (κ3) is 3.58. The largest absolute Gasteiger partial charge is 0.334 e. The molecule has 1 N–H and O–H groups in total. The number of hydrogen-bond acceptors (Lipinski definition) is 5. The zero-order chi connectivity index (χ0) is 18.0. The predicted molar refractivity (Wildman–Crippen MR) is 93.0 cm³/mol. The summed E-state index contributed by atoms with van der Waals surface area (Å²) in [6.45, 7) is 3.18. The van der Waals surface area contributed by atoms with Crippen molar-refractivity contribution in [2.24, 2.45) is 0 Å². The summed E-state index contributed by atoms with van der Waals surface area (Å²) in [4.78, 5) is 50.9. The summed E-state index contributed by atoms with van der Waals surface area (Å²) in [5.41, 5.74) is 0.587. The molecule has 8 heteroatoms. The van der Waals surface area contributed by atoms with Gasteiger partial charge in [0, 0.05) is 16.7 Å². The molecule has 1 aliphatic heterocycles. The SMILES string of the molecule is C=CCSc1ccccc1NC(=O)CN1C(=O)C(=O)N(C2CC2)C1=O. The number of carbonyl (C=O) groups is 4. The Balaban J connectivity index is 1.67. The molecule has 3 rings (SSSR count). The quantitative estimate of drug-likeness (QED) is 0.347. The Morgan fingerprint density at radius 3 is 2.64 bits per heavy atom. The first-order valence-corrected chi connectivity index (χ1v) is 8.83. The summed E-state index contributed by atoms with van der Waals surface area (Å²) in [5, 5.41) is 2.69. The van der Waals surface area contributed by atoms with Crippen molar-refractivity contribution in [1.82, 2.24) is 9.80 Å². The molecule has 1 heterocycles. The second-order valence-electron chi connectivity index (χ2n) is 5.72. The Labute approximate surface area is 149 Å². The number of hydrogen-bond donors (Lipinski definition) is 1. The first kappa shape index (κ1) is 17.2. The highest BCUT2D eigenvalue weighted by molar-refractivity contribution is 7.99. The van der Waals surface area contributed by atoms with Crippen molar-refractivity contribution in [2.75, 3.05) is 17.6 Å². The van der Waals surface area contributed by atoms with Crippen molar-refractivity contribution in [2.45, 2.75) is 23.8 Å². The maximum Gasteiger partial charge on any atom is 0.334 e. The van der Waals surface area contributed by atoms with Crippen LogP contribution in [0.3, 0.4) is 0 Å². The molecule has 5 amide bonds. The Morgan fingerprint density at radius 2 is 1.96 bits per heavy atom. The molecule has 0 bridgehead atoms. The molecular weight excluding hydrogens is 342 g/mol. The van der Waals surface area contributed by atoms with Crippen LogP contribution in [0.15, 0.2) is 41.8 Å². The number of rotatable bonds is 7. The summed E-state index contributed by atoms with van der Waals surface area (Å²) in [6, 6.07) is 6.31. The van der Waals surface area contributed by atoms with Crippen LogP contribution in [0, 0.1) is 0 Å². The number of urea groups is 1. The fourth-order valence-corrected chi connectivity index (χ4v) is 3.24.